The first-order valence-corrected chi connectivity index (χ1v) is 20.5. The molecular weight excluding hydrogens is 719 g/mol. The number of aliphatic hydroxyl groups excluding tert-OH is 5. The lowest BCUT2D eigenvalue weighted by atomic mass is 9.85. The van der Waals surface area contributed by atoms with E-state index in [1.807, 2.05) is 54.7 Å². The highest BCUT2D eigenvalue weighted by Crippen LogP contribution is 2.47. The number of ether oxygens (including phenoxy) is 2. The molecule has 1 rings (SSSR count). The predicted octanol–water partition coefficient (Wildman–Crippen LogP) is 5.77. The Morgan fingerprint density at radius 3 is 1.76 bits per heavy atom. The van der Waals surface area contributed by atoms with Crippen LogP contribution in [0, 0.1) is 0 Å². The Morgan fingerprint density at radius 1 is 0.593 bits per heavy atom. The molecule has 0 bridgehead atoms. The van der Waals surface area contributed by atoms with E-state index in [1.54, 1.807) is 0 Å². The molecule has 6 N–H and O–H groups in total. The van der Waals surface area contributed by atoms with Gasteiger partial charge in [0, 0.05) is 12.8 Å². The summed E-state index contributed by atoms with van der Waals surface area (Å²) in [6, 6.07) is 0. The smallest absolute Gasteiger partial charge is 0.462 e. The summed E-state index contributed by atoms with van der Waals surface area (Å²) < 4.78 is 33.2. The average molecular weight is 783 g/mol. The van der Waals surface area contributed by atoms with Gasteiger partial charge in [0.25, 0.3) is 0 Å². The van der Waals surface area contributed by atoms with Crippen molar-refractivity contribution in [3.8, 4) is 0 Å². The van der Waals surface area contributed by atoms with E-state index in [0.717, 1.165) is 51.4 Å². The highest BCUT2D eigenvalue weighted by atomic mass is 31.2. The fourth-order valence-corrected chi connectivity index (χ4v) is 6.03. The quantitative estimate of drug-likeness (QED) is 0.0183. The number of allylic oxidation sites excluding steroid dienone is 14. The van der Waals surface area contributed by atoms with E-state index < -0.39 is 75.7 Å². The fourth-order valence-electron chi connectivity index (χ4n) is 5.06. The van der Waals surface area contributed by atoms with Crippen molar-refractivity contribution in [2.24, 2.45) is 0 Å². The van der Waals surface area contributed by atoms with Gasteiger partial charge >= 0.3 is 19.8 Å². The van der Waals surface area contributed by atoms with Crippen LogP contribution >= 0.6 is 7.82 Å². The van der Waals surface area contributed by atoms with Crippen molar-refractivity contribution in [2.75, 3.05) is 13.2 Å². The van der Waals surface area contributed by atoms with E-state index in [0.29, 0.717) is 19.3 Å². The standard InChI is InChI=1S/C40H63O13P/c1-3-5-7-9-11-13-15-17-19-21-23-25-27-29-34(42)52-32(30-50-33(41)28-26-24-22-20-18-16-14-12-10-8-6-4-2)31-51-54(48,49)53-40-38(46)36(44)35(43)37(45)39(40)47/h5-9,11-15,17,19,21,23,32,35-40,43-47H,3-4,10,16,18,20,22,24-31H2,1-2H3,(H,48,49)/b7-5+,8-6+,11-9+,14-12+,15-13+,19-17+,23-21+/t32?,35?,36-,37?,38?,39?,40?/m1/s1. The van der Waals surface area contributed by atoms with Crippen LogP contribution in [0.5, 0.6) is 0 Å². The molecule has 0 saturated heterocycles. The molecule has 306 valence electrons. The molecule has 54 heavy (non-hydrogen) atoms. The third-order valence-corrected chi connectivity index (χ3v) is 9.10. The molecule has 0 aliphatic heterocycles. The molecule has 1 saturated carbocycles. The number of unbranched alkanes of at least 4 members (excludes halogenated alkanes) is 6. The van der Waals surface area contributed by atoms with Crippen LogP contribution in [0.2, 0.25) is 0 Å². The minimum atomic E-state index is -5.14. The zero-order chi connectivity index (χ0) is 40.0. The molecule has 0 aromatic carbocycles. The Bertz CT molecular complexity index is 1270. The summed E-state index contributed by atoms with van der Waals surface area (Å²) in [6.07, 6.45) is 23.9. The SMILES string of the molecule is CC/C=C/C=C/C=C/C=C/C=C/CCCC(=O)OC(COC(=O)CCCCCCC/C=C/C/C=C/CC)COP(=O)(O)OC1C(O)C(O)C(O)[C@@H](O)C1O. The molecule has 8 atom stereocenters. The summed E-state index contributed by atoms with van der Waals surface area (Å²) in [6.45, 7) is 2.91. The minimum Gasteiger partial charge on any atom is -0.462 e. The van der Waals surface area contributed by atoms with Crippen LogP contribution in [-0.2, 0) is 32.7 Å². The first kappa shape index (κ1) is 49.0. The molecule has 0 aromatic rings. The third-order valence-electron chi connectivity index (χ3n) is 8.11. The van der Waals surface area contributed by atoms with Crippen molar-refractivity contribution in [1.82, 2.24) is 0 Å². The average Bonchev–Trinajstić information content (AvgIpc) is 3.15. The van der Waals surface area contributed by atoms with Gasteiger partial charge in [0.15, 0.2) is 6.10 Å². The van der Waals surface area contributed by atoms with Crippen LogP contribution < -0.4 is 0 Å². The number of carbonyl (C=O) groups is 2. The molecule has 13 nitrogen and oxygen atoms in total. The van der Waals surface area contributed by atoms with Crippen molar-refractivity contribution in [3.05, 3.63) is 85.1 Å². The van der Waals surface area contributed by atoms with Crippen LogP contribution in [0.15, 0.2) is 85.1 Å². The van der Waals surface area contributed by atoms with Crippen LogP contribution in [0.3, 0.4) is 0 Å². The highest BCUT2D eigenvalue weighted by molar-refractivity contribution is 7.47. The molecule has 0 heterocycles. The van der Waals surface area contributed by atoms with Gasteiger partial charge in [-0.25, -0.2) is 4.57 Å². The number of hydrogen-bond acceptors (Lipinski definition) is 12. The van der Waals surface area contributed by atoms with E-state index in [1.165, 1.54) is 0 Å². The maximum Gasteiger partial charge on any atom is 0.472 e. The number of aliphatic hydroxyl groups is 5. The molecule has 1 fully saturated rings. The summed E-state index contributed by atoms with van der Waals surface area (Å²) in [4.78, 5) is 35.4. The van der Waals surface area contributed by atoms with Crippen molar-refractivity contribution in [1.29, 1.82) is 0 Å². The van der Waals surface area contributed by atoms with Crippen molar-refractivity contribution in [3.63, 3.8) is 0 Å². The number of hydrogen-bond donors (Lipinski definition) is 6. The Labute approximate surface area is 320 Å². The lowest BCUT2D eigenvalue weighted by Gasteiger charge is -2.41. The van der Waals surface area contributed by atoms with Gasteiger partial charge in [-0.05, 0) is 51.4 Å². The number of carbonyl (C=O) groups excluding carboxylic acids is 2. The molecule has 0 amide bonds. The predicted molar refractivity (Wildman–Crippen MR) is 207 cm³/mol. The van der Waals surface area contributed by atoms with E-state index in [2.05, 4.69) is 44.2 Å². The molecule has 7 unspecified atom stereocenters. The first-order valence-electron chi connectivity index (χ1n) is 19.0. The number of phosphoric ester groups is 1. The van der Waals surface area contributed by atoms with Gasteiger partial charge in [0.2, 0.25) is 0 Å². The zero-order valence-electron chi connectivity index (χ0n) is 31.7. The first-order chi connectivity index (χ1) is 25.9. The summed E-state index contributed by atoms with van der Waals surface area (Å²) in [5.41, 5.74) is 0. The summed E-state index contributed by atoms with van der Waals surface area (Å²) in [5, 5.41) is 49.9. The maximum absolute atomic E-state index is 12.7. The molecule has 14 heteroatoms. The monoisotopic (exact) mass is 782 g/mol. The lowest BCUT2D eigenvalue weighted by Crippen LogP contribution is -2.64. The summed E-state index contributed by atoms with van der Waals surface area (Å²) >= 11 is 0. The second-order valence-electron chi connectivity index (χ2n) is 12.8. The van der Waals surface area contributed by atoms with Gasteiger partial charge in [-0.2, -0.15) is 0 Å². The molecular formula is C40H63O13P. The lowest BCUT2D eigenvalue weighted by molar-refractivity contribution is -0.220. The van der Waals surface area contributed by atoms with Crippen molar-refractivity contribution >= 4 is 19.8 Å². The van der Waals surface area contributed by atoms with E-state index in [9.17, 15) is 44.6 Å². The Hall–Kier alpha value is -2.97. The van der Waals surface area contributed by atoms with Crippen LogP contribution in [0.4, 0.5) is 0 Å². The Balaban J connectivity index is 2.63. The number of phosphoric acid groups is 1. The van der Waals surface area contributed by atoms with Gasteiger partial charge in [-0.3, -0.25) is 18.6 Å². The van der Waals surface area contributed by atoms with E-state index >= 15 is 0 Å². The van der Waals surface area contributed by atoms with Gasteiger partial charge < -0.3 is 39.9 Å². The molecule has 0 radical (unpaired) electrons. The summed E-state index contributed by atoms with van der Waals surface area (Å²) in [7, 11) is -5.14. The van der Waals surface area contributed by atoms with Gasteiger partial charge in [0.1, 0.15) is 43.2 Å². The Kier molecular flexibility index (Phi) is 27.5. The van der Waals surface area contributed by atoms with Crippen LogP contribution in [-0.4, -0.2) is 98.3 Å². The molecule has 1 aliphatic carbocycles. The fraction of sp³-hybridized carbons (Fsp3) is 0.600. The largest absolute Gasteiger partial charge is 0.472 e. The number of rotatable bonds is 28. The summed E-state index contributed by atoms with van der Waals surface area (Å²) in [5.74, 6) is -1.22. The van der Waals surface area contributed by atoms with E-state index in [-0.39, 0.29) is 12.8 Å². The van der Waals surface area contributed by atoms with Gasteiger partial charge in [-0.15, -0.1) is 0 Å². The maximum atomic E-state index is 12.7. The molecule has 0 spiro atoms. The number of esters is 2. The topological polar surface area (TPSA) is 210 Å². The van der Waals surface area contributed by atoms with Crippen molar-refractivity contribution in [2.45, 2.75) is 140 Å². The zero-order valence-corrected chi connectivity index (χ0v) is 32.6. The van der Waals surface area contributed by atoms with Crippen LogP contribution in [0.1, 0.15) is 97.3 Å². The molecule has 0 aromatic heterocycles. The minimum absolute atomic E-state index is 0.00792. The second kappa shape index (κ2) is 30.3. The highest BCUT2D eigenvalue weighted by Gasteiger charge is 2.51. The van der Waals surface area contributed by atoms with E-state index in [4.69, 9.17) is 18.5 Å². The third kappa shape index (κ3) is 23.1. The van der Waals surface area contributed by atoms with Gasteiger partial charge in [0.05, 0.1) is 6.61 Å². The molecule has 1 aliphatic rings. The normalized spacial score (nSPS) is 24.2. The second-order valence-corrected chi connectivity index (χ2v) is 14.2. The van der Waals surface area contributed by atoms with Crippen LogP contribution in [0.25, 0.3) is 0 Å². The van der Waals surface area contributed by atoms with Gasteiger partial charge in [-0.1, -0.05) is 118 Å². The Morgan fingerprint density at radius 2 is 1.11 bits per heavy atom. The van der Waals surface area contributed by atoms with Crippen molar-refractivity contribution < 1.29 is 63.1 Å².